The molecule has 0 spiro atoms. The summed E-state index contributed by atoms with van der Waals surface area (Å²) in [4.78, 5) is 22.8. The van der Waals surface area contributed by atoms with Crippen molar-refractivity contribution < 1.29 is 24.5 Å². The molecule has 1 aromatic carbocycles. The van der Waals surface area contributed by atoms with E-state index in [4.69, 9.17) is 9.84 Å². The Morgan fingerprint density at radius 1 is 1.30 bits per heavy atom. The summed E-state index contributed by atoms with van der Waals surface area (Å²) in [6.45, 7) is 7.11. The van der Waals surface area contributed by atoms with Crippen LogP contribution in [0.25, 0.3) is 0 Å². The molecule has 3 N–H and O–H groups in total. The van der Waals surface area contributed by atoms with Crippen LogP contribution in [0, 0.1) is 0 Å². The number of rotatable bonds is 4. The zero-order valence-electron chi connectivity index (χ0n) is 11.9. The molecule has 0 aliphatic rings. The van der Waals surface area contributed by atoms with E-state index in [9.17, 15) is 14.7 Å². The number of ether oxygens (including phenoxy) is 1. The number of carbonyl (C=O) groups excluding carboxylic acids is 1. The molecule has 1 atom stereocenters. The molecule has 0 radical (unpaired) electrons. The van der Waals surface area contributed by atoms with Crippen LogP contribution < -0.4 is 5.32 Å². The van der Waals surface area contributed by atoms with Gasteiger partial charge in [0.1, 0.15) is 17.4 Å². The standard InChI is InChI=1S/C14H19NO5/c1-8(20-14(2,3)4)12(17)15-9-5-6-11(16)10(7-9)13(18)19/h5-8,16H,1-4H3,(H,15,17)(H,18,19). The number of anilines is 1. The van der Waals surface area contributed by atoms with Gasteiger partial charge in [-0.3, -0.25) is 4.79 Å². The summed E-state index contributed by atoms with van der Waals surface area (Å²) in [5.74, 6) is -2.01. The molecule has 0 saturated carbocycles. The largest absolute Gasteiger partial charge is 0.507 e. The molecular weight excluding hydrogens is 262 g/mol. The zero-order valence-corrected chi connectivity index (χ0v) is 11.9. The highest BCUT2D eigenvalue weighted by Gasteiger charge is 2.21. The quantitative estimate of drug-likeness (QED) is 0.735. The summed E-state index contributed by atoms with van der Waals surface area (Å²) in [7, 11) is 0. The predicted molar refractivity (Wildman–Crippen MR) is 74.0 cm³/mol. The highest BCUT2D eigenvalue weighted by Crippen LogP contribution is 2.22. The third-order valence-corrected chi connectivity index (χ3v) is 2.39. The lowest BCUT2D eigenvalue weighted by molar-refractivity contribution is -0.135. The number of phenols is 1. The minimum Gasteiger partial charge on any atom is -0.507 e. The molecule has 0 saturated heterocycles. The average molecular weight is 281 g/mol. The molecular formula is C14H19NO5. The van der Waals surface area contributed by atoms with Gasteiger partial charge in [-0.05, 0) is 45.9 Å². The summed E-state index contributed by atoms with van der Waals surface area (Å²) < 4.78 is 5.50. The first-order chi connectivity index (χ1) is 9.10. The fraction of sp³-hybridized carbons (Fsp3) is 0.429. The van der Waals surface area contributed by atoms with Gasteiger partial charge in [0.2, 0.25) is 0 Å². The maximum atomic E-state index is 11.9. The average Bonchev–Trinajstić information content (AvgIpc) is 2.28. The van der Waals surface area contributed by atoms with Crippen molar-refractivity contribution in [1.82, 2.24) is 0 Å². The first-order valence-corrected chi connectivity index (χ1v) is 6.15. The Morgan fingerprint density at radius 2 is 1.90 bits per heavy atom. The number of carboxylic acid groups (broad SMARTS) is 1. The van der Waals surface area contributed by atoms with E-state index < -0.39 is 17.7 Å². The van der Waals surface area contributed by atoms with Crippen LogP contribution in [-0.2, 0) is 9.53 Å². The molecule has 1 aromatic rings. The van der Waals surface area contributed by atoms with Crippen LogP contribution in [0.4, 0.5) is 5.69 Å². The highest BCUT2D eigenvalue weighted by atomic mass is 16.5. The second-order valence-corrected chi connectivity index (χ2v) is 5.40. The molecule has 6 nitrogen and oxygen atoms in total. The second-order valence-electron chi connectivity index (χ2n) is 5.40. The molecule has 0 aliphatic heterocycles. The molecule has 0 heterocycles. The smallest absolute Gasteiger partial charge is 0.339 e. The molecule has 110 valence electrons. The van der Waals surface area contributed by atoms with E-state index in [1.807, 2.05) is 20.8 Å². The van der Waals surface area contributed by atoms with Crippen molar-refractivity contribution in [2.75, 3.05) is 5.32 Å². The fourth-order valence-corrected chi connectivity index (χ4v) is 1.61. The van der Waals surface area contributed by atoms with Crippen molar-refractivity contribution in [2.24, 2.45) is 0 Å². The molecule has 0 fully saturated rings. The molecule has 1 rings (SSSR count). The van der Waals surface area contributed by atoms with Crippen molar-refractivity contribution in [1.29, 1.82) is 0 Å². The van der Waals surface area contributed by atoms with Crippen molar-refractivity contribution in [3.63, 3.8) is 0 Å². The van der Waals surface area contributed by atoms with Gasteiger partial charge in [0.05, 0.1) is 5.60 Å². The van der Waals surface area contributed by atoms with E-state index in [0.29, 0.717) is 0 Å². The minimum absolute atomic E-state index is 0.271. The lowest BCUT2D eigenvalue weighted by Gasteiger charge is -2.24. The van der Waals surface area contributed by atoms with Crippen LogP contribution in [0.3, 0.4) is 0 Å². The first kappa shape index (κ1) is 16.0. The van der Waals surface area contributed by atoms with E-state index >= 15 is 0 Å². The summed E-state index contributed by atoms with van der Waals surface area (Å²) in [6, 6.07) is 3.83. The van der Waals surface area contributed by atoms with Gasteiger partial charge in [0, 0.05) is 5.69 Å². The summed E-state index contributed by atoms with van der Waals surface area (Å²) in [6.07, 6.45) is -0.683. The minimum atomic E-state index is -1.27. The van der Waals surface area contributed by atoms with Crippen LogP contribution >= 0.6 is 0 Å². The number of hydrogen-bond donors (Lipinski definition) is 3. The van der Waals surface area contributed by atoms with Gasteiger partial charge >= 0.3 is 5.97 Å². The molecule has 20 heavy (non-hydrogen) atoms. The summed E-state index contributed by atoms with van der Waals surface area (Å²) in [5, 5.41) is 20.8. The SMILES string of the molecule is CC(OC(C)(C)C)C(=O)Nc1ccc(O)c(C(=O)O)c1. The second kappa shape index (κ2) is 5.92. The van der Waals surface area contributed by atoms with Crippen molar-refractivity contribution in [3.8, 4) is 5.75 Å². The number of aromatic hydroxyl groups is 1. The summed E-state index contributed by atoms with van der Waals surface area (Å²) in [5.41, 5.74) is -0.445. The maximum absolute atomic E-state index is 11.9. The Bertz CT molecular complexity index is 519. The van der Waals surface area contributed by atoms with Crippen LogP contribution in [0.1, 0.15) is 38.1 Å². The van der Waals surface area contributed by atoms with Crippen molar-refractivity contribution in [3.05, 3.63) is 23.8 Å². The first-order valence-electron chi connectivity index (χ1n) is 6.15. The number of amides is 1. The van der Waals surface area contributed by atoms with Crippen LogP contribution in [-0.4, -0.2) is 33.8 Å². The van der Waals surface area contributed by atoms with E-state index in [0.717, 1.165) is 0 Å². The molecule has 1 unspecified atom stereocenters. The Labute approximate surface area is 117 Å². The number of aromatic carboxylic acids is 1. The third kappa shape index (κ3) is 4.55. The molecule has 0 aliphatic carbocycles. The number of carboxylic acids is 1. The van der Waals surface area contributed by atoms with Crippen molar-refractivity contribution in [2.45, 2.75) is 39.4 Å². The Hall–Kier alpha value is -2.08. The zero-order chi connectivity index (χ0) is 15.5. The van der Waals surface area contributed by atoms with Gasteiger partial charge < -0.3 is 20.3 Å². The van der Waals surface area contributed by atoms with Gasteiger partial charge in [0.15, 0.2) is 0 Å². The highest BCUT2D eigenvalue weighted by molar-refractivity contribution is 5.97. The van der Waals surface area contributed by atoms with Crippen LogP contribution in [0.5, 0.6) is 5.75 Å². The predicted octanol–water partition coefficient (Wildman–Crippen LogP) is 2.23. The molecule has 6 heteroatoms. The number of carbonyl (C=O) groups is 2. The number of nitrogens with one attached hydrogen (secondary N) is 1. The van der Waals surface area contributed by atoms with Crippen molar-refractivity contribution >= 4 is 17.6 Å². The molecule has 1 amide bonds. The lowest BCUT2D eigenvalue weighted by atomic mass is 10.1. The van der Waals surface area contributed by atoms with Gasteiger partial charge in [0.25, 0.3) is 5.91 Å². The normalized spacial score (nSPS) is 12.8. The van der Waals surface area contributed by atoms with E-state index in [2.05, 4.69) is 5.32 Å². The van der Waals surface area contributed by atoms with Gasteiger partial charge in [-0.15, -0.1) is 0 Å². The van der Waals surface area contributed by atoms with Gasteiger partial charge in [-0.1, -0.05) is 0 Å². The van der Waals surface area contributed by atoms with E-state index in [1.54, 1.807) is 6.92 Å². The fourth-order valence-electron chi connectivity index (χ4n) is 1.61. The maximum Gasteiger partial charge on any atom is 0.339 e. The number of benzene rings is 1. The Balaban J connectivity index is 2.81. The molecule has 0 aromatic heterocycles. The van der Waals surface area contributed by atoms with Crippen LogP contribution in [0.2, 0.25) is 0 Å². The topological polar surface area (TPSA) is 95.9 Å². The van der Waals surface area contributed by atoms with Crippen LogP contribution in [0.15, 0.2) is 18.2 Å². The Morgan fingerprint density at radius 3 is 2.40 bits per heavy atom. The lowest BCUT2D eigenvalue weighted by Crippen LogP contribution is -2.34. The van der Waals surface area contributed by atoms with Gasteiger partial charge in [-0.2, -0.15) is 0 Å². The molecule has 0 bridgehead atoms. The number of hydrogen-bond acceptors (Lipinski definition) is 4. The Kier molecular flexibility index (Phi) is 4.73. The summed E-state index contributed by atoms with van der Waals surface area (Å²) >= 11 is 0. The van der Waals surface area contributed by atoms with E-state index in [1.165, 1.54) is 18.2 Å². The third-order valence-electron chi connectivity index (χ3n) is 2.39. The van der Waals surface area contributed by atoms with Gasteiger partial charge in [-0.25, -0.2) is 4.79 Å². The monoisotopic (exact) mass is 281 g/mol. The van der Waals surface area contributed by atoms with E-state index in [-0.39, 0.29) is 22.9 Å².